The molecule has 4 heteroatoms. The zero-order valence-corrected chi connectivity index (χ0v) is 16.0. The van der Waals surface area contributed by atoms with Crippen LogP contribution in [0.25, 0.3) is 17.0 Å². The fourth-order valence-corrected chi connectivity index (χ4v) is 2.88. The van der Waals surface area contributed by atoms with E-state index in [-0.39, 0.29) is 17.2 Å². The minimum Gasteiger partial charge on any atom is -0.369 e. The predicted molar refractivity (Wildman–Crippen MR) is 110 cm³/mol. The zero-order chi connectivity index (χ0) is 19.4. The van der Waals surface area contributed by atoms with Crippen molar-refractivity contribution >= 4 is 11.5 Å². The number of nitrogens with zero attached hydrogens (tertiary/aromatic N) is 2. The topological polar surface area (TPSA) is 68.9 Å². The fourth-order valence-electron chi connectivity index (χ4n) is 2.88. The van der Waals surface area contributed by atoms with E-state index in [1.54, 1.807) is 0 Å². The van der Waals surface area contributed by atoms with E-state index in [0.29, 0.717) is 12.2 Å². The highest BCUT2D eigenvalue weighted by atomic mass is 16.1. The number of carbonyl (C=O) groups is 1. The van der Waals surface area contributed by atoms with E-state index in [1.807, 2.05) is 43.6 Å². The molecule has 1 aromatic heterocycles. The zero-order valence-electron chi connectivity index (χ0n) is 16.0. The summed E-state index contributed by atoms with van der Waals surface area (Å²) in [6.07, 6.45) is 15.0. The molecule has 3 rings (SSSR count). The molecule has 0 radical (unpaired) electrons. The smallest absolute Gasteiger partial charge is 0.220 e. The first kappa shape index (κ1) is 18.8. The molecule has 2 N–H and O–H groups in total. The Balaban J connectivity index is 1.75. The lowest BCUT2D eigenvalue weighted by molar-refractivity contribution is -0.121. The lowest BCUT2D eigenvalue weighted by Crippen LogP contribution is -2.22. The van der Waals surface area contributed by atoms with Crippen molar-refractivity contribution in [2.24, 2.45) is 17.1 Å². The lowest BCUT2D eigenvalue weighted by Gasteiger charge is -2.12. The van der Waals surface area contributed by atoms with E-state index >= 15 is 0 Å². The number of aromatic nitrogens is 2. The van der Waals surface area contributed by atoms with Crippen molar-refractivity contribution in [2.45, 2.75) is 27.2 Å². The molecule has 0 saturated carbocycles. The summed E-state index contributed by atoms with van der Waals surface area (Å²) >= 11 is 0. The molecular formula is C23H25N3O. The van der Waals surface area contributed by atoms with Gasteiger partial charge in [-0.15, -0.1) is 0 Å². The standard InChI is InChI=1S/C23H25N3O/c1-16(21(24)27)13-17-6-8-19(9-7-17)22-25-14-20(15-26-22)18-5-4-11-23(2,3)12-10-18/h4-12,14-16H,13H2,1-3H3,(H2,24,27). The van der Waals surface area contributed by atoms with Crippen LogP contribution in [0.5, 0.6) is 0 Å². The molecule has 0 spiro atoms. The molecule has 0 aliphatic heterocycles. The number of hydrogen-bond acceptors (Lipinski definition) is 3. The Labute approximate surface area is 160 Å². The van der Waals surface area contributed by atoms with Gasteiger partial charge in [0.1, 0.15) is 0 Å². The maximum absolute atomic E-state index is 11.2. The summed E-state index contributed by atoms with van der Waals surface area (Å²) in [7, 11) is 0. The molecule has 1 aromatic carbocycles. The van der Waals surface area contributed by atoms with E-state index in [9.17, 15) is 4.79 Å². The van der Waals surface area contributed by atoms with Gasteiger partial charge in [-0.1, -0.05) is 75.4 Å². The second-order valence-corrected chi connectivity index (χ2v) is 7.64. The quantitative estimate of drug-likeness (QED) is 0.863. The van der Waals surface area contributed by atoms with Crippen molar-refractivity contribution in [3.63, 3.8) is 0 Å². The molecule has 4 nitrogen and oxygen atoms in total. The van der Waals surface area contributed by atoms with E-state index in [1.165, 1.54) is 0 Å². The first-order valence-electron chi connectivity index (χ1n) is 9.14. The second kappa shape index (κ2) is 7.70. The largest absolute Gasteiger partial charge is 0.369 e. The van der Waals surface area contributed by atoms with Crippen LogP contribution >= 0.6 is 0 Å². The third-order valence-corrected chi connectivity index (χ3v) is 4.72. The summed E-state index contributed by atoms with van der Waals surface area (Å²) in [6.45, 7) is 6.18. The molecule has 0 saturated heterocycles. The Kier molecular flexibility index (Phi) is 5.36. The number of amides is 1. The normalized spacial score (nSPS) is 16.5. The van der Waals surface area contributed by atoms with Gasteiger partial charge in [-0.05, 0) is 17.6 Å². The summed E-state index contributed by atoms with van der Waals surface area (Å²) in [5.41, 5.74) is 9.49. The van der Waals surface area contributed by atoms with Crippen LogP contribution in [0.15, 0.2) is 67.0 Å². The molecule has 1 aliphatic rings. The number of carbonyl (C=O) groups excluding carboxylic acids is 1. The Morgan fingerprint density at radius 3 is 2.37 bits per heavy atom. The molecule has 138 valence electrons. The maximum Gasteiger partial charge on any atom is 0.220 e. The molecule has 1 atom stereocenters. The minimum absolute atomic E-state index is 0.0484. The van der Waals surface area contributed by atoms with Crippen molar-refractivity contribution in [1.82, 2.24) is 9.97 Å². The number of rotatable bonds is 5. The predicted octanol–water partition coefficient (Wildman–Crippen LogP) is 4.34. The average molecular weight is 359 g/mol. The van der Waals surface area contributed by atoms with Crippen molar-refractivity contribution < 1.29 is 4.79 Å². The van der Waals surface area contributed by atoms with Crippen LogP contribution < -0.4 is 5.73 Å². The third-order valence-electron chi connectivity index (χ3n) is 4.72. The van der Waals surface area contributed by atoms with Gasteiger partial charge in [0, 0.05) is 34.9 Å². The van der Waals surface area contributed by atoms with Gasteiger partial charge in [-0.3, -0.25) is 4.79 Å². The van der Waals surface area contributed by atoms with E-state index in [2.05, 4.69) is 54.2 Å². The summed E-state index contributed by atoms with van der Waals surface area (Å²) in [5, 5.41) is 0. The number of primary amides is 1. The van der Waals surface area contributed by atoms with Gasteiger partial charge in [0.25, 0.3) is 0 Å². The van der Waals surface area contributed by atoms with E-state index in [0.717, 1.165) is 22.3 Å². The Bertz CT molecular complexity index is 904. The van der Waals surface area contributed by atoms with Gasteiger partial charge < -0.3 is 5.73 Å². The molecule has 1 aliphatic carbocycles. The van der Waals surface area contributed by atoms with Gasteiger partial charge in [-0.2, -0.15) is 0 Å². The Morgan fingerprint density at radius 2 is 1.74 bits per heavy atom. The number of hydrogen-bond donors (Lipinski definition) is 1. The van der Waals surface area contributed by atoms with Crippen molar-refractivity contribution in [2.75, 3.05) is 0 Å². The van der Waals surface area contributed by atoms with Gasteiger partial charge in [0.15, 0.2) is 5.82 Å². The van der Waals surface area contributed by atoms with Gasteiger partial charge in [0.2, 0.25) is 5.91 Å². The number of nitrogens with two attached hydrogens (primary N) is 1. The summed E-state index contributed by atoms with van der Waals surface area (Å²) in [6, 6.07) is 7.95. The minimum atomic E-state index is -0.280. The molecule has 1 heterocycles. The van der Waals surface area contributed by atoms with Crippen molar-refractivity contribution in [3.05, 3.63) is 78.2 Å². The monoisotopic (exact) mass is 359 g/mol. The highest BCUT2D eigenvalue weighted by molar-refractivity contribution is 5.77. The van der Waals surface area contributed by atoms with Crippen LogP contribution in [0.3, 0.4) is 0 Å². The van der Waals surface area contributed by atoms with Crippen LogP contribution in [-0.4, -0.2) is 15.9 Å². The molecular weight excluding hydrogens is 334 g/mol. The SMILES string of the molecule is CC(Cc1ccc(-c2ncc(C3=CC=CC(C)(C)C=C3)cn2)cc1)C(N)=O. The second-order valence-electron chi connectivity index (χ2n) is 7.64. The van der Waals surface area contributed by atoms with Gasteiger partial charge in [0.05, 0.1) is 0 Å². The third kappa shape index (κ3) is 4.79. The average Bonchev–Trinajstić information content (AvgIpc) is 2.83. The first-order chi connectivity index (χ1) is 12.8. The van der Waals surface area contributed by atoms with Crippen LogP contribution in [0.4, 0.5) is 0 Å². The number of benzene rings is 1. The molecule has 27 heavy (non-hydrogen) atoms. The maximum atomic E-state index is 11.2. The van der Waals surface area contributed by atoms with Crippen LogP contribution in [-0.2, 0) is 11.2 Å². The molecule has 2 aromatic rings. The van der Waals surface area contributed by atoms with E-state index in [4.69, 9.17) is 5.73 Å². The first-order valence-corrected chi connectivity index (χ1v) is 9.14. The highest BCUT2D eigenvalue weighted by Gasteiger charge is 2.12. The molecule has 0 fully saturated rings. The molecule has 1 amide bonds. The van der Waals surface area contributed by atoms with Crippen molar-refractivity contribution in [3.8, 4) is 11.4 Å². The summed E-state index contributed by atoms with van der Waals surface area (Å²) in [4.78, 5) is 20.3. The van der Waals surface area contributed by atoms with Gasteiger partial charge >= 0.3 is 0 Å². The van der Waals surface area contributed by atoms with Crippen LogP contribution in [0, 0.1) is 11.3 Å². The highest BCUT2D eigenvalue weighted by Crippen LogP contribution is 2.26. The van der Waals surface area contributed by atoms with Crippen LogP contribution in [0.2, 0.25) is 0 Å². The Hall–Kier alpha value is -3.01. The Morgan fingerprint density at radius 1 is 1.07 bits per heavy atom. The molecule has 0 bridgehead atoms. The van der Waals surface area contributed by atoms with Gasteiger partial charge in [-0.25, -0.2) is 9.97 Å². The number of allylic oxidation sites excluding steroid dienone is 6. The van der Waals surface area contributed by atoms with Crippen molar-refractivity contribution in [1.29, 1.82) is 0 Å². The lowest BCUT2D eigenvalue weighted by atomic mass is 9.93. The molecule has 1 unspecified atom stereocenters. The summed E-state index contributed by atoms with van der Waals surface area (Å²) in [5.74, 6) is 0.228. The van der Waals surface area contributed by atoms with Crippen LogP contribution in [0.1, 0.15) is 31.9 Å². The fraction of sp³-hybridized carbons (Fsp3) is 0.261. The van der Waals surface area contributed by atoms with E-state index < -0.39 is 0 Å². The summed E-state index contributed by atoms with van der Waals surface area (Å²) < 4.78 is 0.